The van der Waals surface area contributed by atoms with Crippen LogP contribution in [0.3, 0.4) is 0 Å². The Morgan fingerprint density at radius 3 is 2.86 bits per heavy atom. The Morgan fingerprint density at radius 2 is 2.29 bits per heavy atom. The van der Waals surface area contributed by atoms with Crippen LogP contribution in [0, 0.1) is 0 Å². The molecular formula is C11H10ClNO. The lowest BCUT2D eigenvalue weighted by Crippen LogP contribution is -1.80. The van der Waals surface area contributed by atoms with Gasteiger partial charge in [-0.15, -0.1) is 0 Å². The minimum Gasteiger partial charge on any atom is -0.211 e. The molecule has 3 heteroatoms. The normalized spacial score (nSPS) is 10.9. The summed E-state index contributed by atoms with van der Waals surface area (Å²) in [6.45, 7) is 3.86. The van der Waals surface area contributed by atoms with Gasteiger partial charge in [-0.2, -0.15) is 4.99 Å². The minimum atomic E-state index is 0.597. The van der Waals surface area contributed by atoms with Gasteiger partial charge in [-0.25, -0.2) is 4.79 Å². The third-order valence-electron chi connectivity index (χ3n) is 1.98. The maximum absolute atomic E-state index is 10.2. The van der Waals surface area contributed by atoms with Crippen molar-refractivity contribution in [1.29, 1.82) is 0 Å². The Bertz CT molecular complexity index is 417. The lowest BCUT2D eigenvalue weighted by atomic mass is 10.1. The lowest BCUT2D eigenvalue weighted by molar-refractivity contribution is 0.565. The van der Waals surface area contributed by atoms with E-state index in [-0.39, 0.29) is 0 Å². The zero-order valence-corrected chi connectivity index (χ0v) is 8.80. The van der Waals surface area contributed by atoms with Gasteiger partial charge < -0.3 is 0 Å². The molecular weight excluding hydrogens is 198 g/mol. The summed E-state index contributed by atoms with van der Waals surface area (Å²) in [5.41, 5.74) is 2.49. The average Bonchev–Trinajstić information content (AvgIpc) is 2.20. The van der Waals surface area contributed by atoms with E-state index in [0.717, 1.165) is 11.1 Å². The van der Waals surface area contributed by atoms with Crippen molar-refractivity contribution >= 4 is 28.9 Å². The molecule has 14 heavy (non-hydrogen) atoms. The summed E-state index contributed by atoms with van der Waals surface area (Å²) in [5, 5.41) is 0.631. The summed E-state index contributed by atoms with van der Waals surface area (Å²) >= 11 is 5.85. The molecule has 1 aromatic rings. The molecule has 0 N–H and O–H groups in total. The first kappa shape index (κ1) is 10.7. The number of isocyanates is 1. The second-order valence-electron chi connectivity index (χ2n) is 2.84. The number of benzene rings is 1. The summed E-state index contributed by atoms with van der Waals surface area (Å²) in [6, 6.07) is 5.19. The van der Waals surface area contributed by atoms with Crippen molar-refractivity contribution in [3.05, 3.63) is 34.9 Å². The maximum Gasteiger partial charge on any atom is 0.240 e. The zero-order chi connectivity index (χ0) is 10.6. The Morgan fingerprint density at radius 1 is 1.57 bits per heavy atom. The molecule has 0 aliphatic rings. The molecule has 0 aromatic heterocycles. The quantitative estimate of drug-likeness (QED) is 0.537. The van der Waals surface area contributed by atoms with E-state index in [4.69, 9.17) is 11.6 Å². The van der Waals surface area contributed by atoms with Gasteiger partial charge in [0.25, 0.3) is 0 Å². The van der Waals surface area contributed by atoms with Gasteiger partial charge in [-0.1, -0.05) is 17.7 Å². The molecule has 0 radical (unpaired) electrons. The number of nitrogens with zero attached hydrogens (tertiary/aromatic N) is 1. The molecule has 0 heterocycles. The fourth-order valence-corrected chi connectivity index (χ4v) is 1.30. The van der Waals surface area contributed by atoms with E-state index in [0.29, 0.717) is 10.7 Å². The van der Waals surface area contributed by atoms with Gasteiger partial charge in [0.1, 0.15) is 0 Å². The van der Waals surface area contributed by atoms with E-state index in [2.05, 4.69) is 4.99 Å². The molecule has 72 valence electrons. The van der Waals surface area contributed by atoms with Gasteiger partial charge in [-0.05, 0) is 37.6 Å². The minimum absolute atomic E-state index is 0.597. The molecule has 1 rings (SSSR count). The van der Waals surface area contributed by atoms with Crippen molar-refractivity contribution in [2.45, 2.75) is 13.8 Å². The molecule has 0 amide bonds. The third kappa shape index (κ3) is 2.32. The highest BCUT2D eigenvalue weighted by Crippen LogP contribution is 2.28. The summed E-state index contributed by atoms with van der Waals surface area (Å²) in [5.74, 6) is 0. The van der Waals surface area contributed by atoms with E-state index in [9.17, 15) is 4.79 Å². The molecule has 0 saturated heterocycles. The molecule has 2 nitrogen and oxygen atoms in total. The molecule has 0 atom stereocenters. The van der Waals surface area contributed by atoms with Crippen molar-refractivity contribution in [3.63, 3.8) is 0 Å². The number of allylic oxidation sites excluding steroid dienone is 2. The zero-order valence-electron chi connectivity index (χ0n) is 8.04. The van der Waals surface area contributed by atoms with Crippen molar-refractivity contribution < 1.29 is 4.79 Å². The van der Waals surface area contributed by atoms with Crippen LogP contribution in [0.2, 0.25) is 5.02 Å². The second kappa shape index (κ2) is 4.75. The van der Waals surface area contributed by atoms with Crippen LogP contribution in [0.4, 0.5) is 5.69 Å². The molecule has 0 saturated carbocycles. The fourth-order valence-electron chi connectivity index (χ4n) is 1.13. The Kier molecular flexibility index (Phi) is 3.63. The van der Waals surface area contributed by atoms with Crippen molar-refractivity contribution in [3.8, 4) is 0 Å². The first-order chi connectivity index (χ1) is 6.69. The Balaban J connectivity index is 3.36. The topological polar surface area (TPSA) is 29.4 Å². The molecule has 0 aliphatic carbocycles. The second-order valence-corrected chi connectivity index (χ2v) is 3.27. The van der Waals surface area contributed by atoms with Crippen molar-refractivity contribution in [2.75, 3.05) is 0 Å². The Labute approximate surface area is 87.9 Å². The molecule has 0 unspecified atom stereocenters. The average molecular weight is 208 g/mol. The van der Waals surface area contributed by atoms with Gasteiger partial charge >= 0.3 is 0 Å². The van der Waals surface area contributed by atoms with E-state index in [1.807, 2.05) is 19.9 Å². The third-order valence-corrected chi connectivity index (χ3v) is 2.22. The van der Waals surface area contributed by atoms with E-state index in [1.54, 1.807) is 18.2 Å². The number of aliphatic imine (C=N–C) groups is 1. The first-order valence-electron chi connectivity index (χ1n) is 4.19. The van der Waals surface area contributed by atoms with Gasteiger partial charge in [0.2, 0.25) is 6.08 Å². The van der Waals surface area contributed by atoms with Crippen LogP contribution < -0.4 is 0 Å². The van der Waals surface area contributed by atoms with Crippen LogP contribution in [-0.4, -0.2) is 6.08 Å². The number of hydrogen-bond acceptors (Lipinski definition) is 2. The summed E-state index contributed by atoms with van der Waals surface area (Å²) in [6.07, 6.45) is 3.47. The van der Waals surface area contributed by atoms with Crippen LogP contribution in [0.15, 0.2) is 29.3 Å². The maximum atomic E-state index is 10.2. The van der Waals surface area contributed by atoms with E-state index >= 15 is 0 Å². The Hall–Kier alpha value is -1.37. The largest absolute Gasteiger partial charge is 0.240 e. The lowest BCUT2D eigenvalue weighted by Gasteiger charge is -2.04. The first-order valence-corrected chi connectivity index (χ1v) is 4.57. The van der Waals surface area contributed by atoms with Crippen molar-refractivity contribution in [2.24, 2.45) is 4.99 Å². The number of carbonyl (C=O) groups excluding carboxylic acids is 1. The summed E-state index contributed by atoms with van der Waals surface area (Å²) < 4.78 is 0. The standard InChI is InChI=1S/C11H10ClNO/c1-3-8(2)10-6-9(12)4-5-11(10)13-7-14/h3-6H,1-2H3/b8-3+. The highest BCUT2D eigenvalue weighted by atomic mass is 35.5. The number of hydrogen-bond donors (Lipinski definition) is 0. The van der Waals surface area contributed by atoms with E-state index < -0.39 is 0 Å². The predicted molar refractivity (Wildman–Crippen MR) is 58.6 cm³/mol. The van der Waals surface area contributed by atoms with Crippen LogP contribution >= 0.6 is 11.6 Å². The van der Waals surface area contributed by atoms with E-state index in [1.165, 1.54) is 6.08 Å². The molecule has 0 fully saturated rings. The fraction of sp³-hybridized carbons (Fsp3) is 0.182. The predicted octanol–water partition coefficient (Wildman–Crippen LogP) is 3.73. The summed E-state index contributed by atoms with van der Waals surface area (Å²) in [4.78, 5) is 13.8. The van der Waals surface area contributed by atoms with Crippen LogP contribution in [0.1, 0.15) is 19.4 Å². The number of halogens is 1. The molecule has 1 aromatic carbocycles. The van der Waals surface area contributed by atoms with Gasteiger partial charge in [-0.3, -0.25) is 0 Å². The molecule has 0 spiro atoms. The smallest absolute Gasteiger partial charge is 0.211 e. The molecule has 0 aliphatic heterocycles. The number of rotatable bonds is 2. The summed E-state index contributed by atoms with van der Waals surface area (Å²) in [7, 11) is 0. The van der Waals surface area contributed by atoms with Crippen LogP contribution in [0.25, 0.3) is 5.57 Å². The monoisotopic (exact) mass is 207 g/mol. The SMILES string of the molecule is C/C=C(\C)c1cc(Cl)ccc1N=C=O. The van der Waals surface area contributed by atoms with Crippen LogP contribution in [0.5, 0.6) is 0 Å². The highest BCUT2D eigenvalue weighted by molar-refractivity contribution is 6.30. The van der Waals surface area contributed by atoms with Gasteiger partial charge in [0.15, 0.2) is 0 Å². The van der Waals surface area contributed by atoms with Crippen LogP contribution in [-0.2, 0) is 4.79 Å². The highest BCUT2D eigenvalue weighted by Gasteiger charge is 2.03. The van der Waals surface area contributed by atoms with Gasteiger partial charge in [0.05, 0.1) is 5.69 Å². The van der Waals surface area contributed by atoms with Gasteiger partial charge in [0, 0.05) is 10.6 Å². The molecule has 0 bridgehead atoms. The van der Waals surface area contributed by atoms with Crippen molar-refractivity contribution in [1.82, 2.24) is 0 Å².